The van der Waals surface area contributed by atoms with E-state index in [9.17, 15) is 4.79 Å². The highest BCUT2D eigenvalue weighted by Gasteiger charge is 2.16. The van der Waals surface area contributed by atoms with Crippen LogP contribution < -0.4 is 10.2 Å². The molecule has 0 bridgehead atoms. The second kappa shape index (κ2) is 10.0. The lowest BCUT2D eigenvalue weighted by Gasteiger charge is -2.30. The Morgan fingerprint density at radius 3 is 2.55 bits per heavy atom. The molecular formula is C24H29N5OS. The van der Waals surface area contributed by atoms with E-state index in [1.807, 2.05) is 22.8 Å². The average molecular weight is 436 g/mol. The Morgan fingerprint density at radius 2 is 1.81 bits per heavy atom. The number of hydrogen-bond donors (Lipinski definition) is 1. The summed E-state index contributed by atoms with van der Waals surface area (Å²) in [5.41, 5.74) is 4.26. The van der Waals surface area contributed by atoms with E-state index in [-0.39, 0.29) is 11.7 Å². The molecule has 3 aromatic rings. The Balaban J connectivity index is 1.40. The number of amides is 1. The van der Waals surface area contributed by atoms with Crippen molar-refractivity contribution >= 4 is 29.0 Å². The first-order valence-electron chi connectivity index (χ1n) is 10.9. The van der Waals surface area contributed by atoms with E-state index in [1.54, 1.807) is 6.33 Å². The van der Waals surface area contributed by atoms with Crippen LogP contribution in [0.2, 0.25) is 0 Å². The van der Waals surface area contributed by atoms with Gasteiger partial charge >= 0.3 is 0 Å². The Labute approximate surface area is 188 Å². The van der Waals surface area contributed by atoms with Crippen molar-refractivity contribution in [3.63, 3.8) is 0 Å². The lowest BCUT2D eigenvalue weighted by molar-refractivity contribution is -0.113. The molecule has 31 heavy (non-hydrogen) atoms. The fraction of sp³-hybridized carbons (Fsp3) is 0.375. The molecule has 162 valence electrons. The number of benzene rings is 2. The van der Waals surface area contributed by atoms with Gasteiger partial charge < -0.3 is 10.2 Å². The first kappa shape index (κ1) is 21.4. The van der Waals surface area contributed by atoms with Crippen LogP contribution in [0.3, 0.4) is 0 Å². The van der Waals surface area contributed by atoms with Gasteiger partial charge in [0.05, 0.1) is 17.1 Å². The topological polar surface area (TPSA) is 63.1 Å². The maximum absolute atomic E-state index is 12.7. The number of nitrogens with one attached hydrogen (secondary N) is 1. The molecule has 1 saturated heterocycles. The highest BCUT2D eigenvalue weighted by molar-refractivity contribution is 7.99. The number of rotatable bonds is 7. The molecule has 0 unspecified atom stereocenters. The number of nitrogens with zero attached hydrogens (tertiary/aromatic N) is 4. The Kier molecular flexibility index (Phi) is 6.92. The van der Waals surface area contributed by atoms with Crippen molar-refractivity contribution in [1.29, 1.82) is 0 Å². The number of carbonyl (C=O) groups excluding carboxylic acids is 1. The molecule has 0 atom stereocenters. The largest absolute Gasteiger partial charge is 0.370 e. The van der Waals surface area contributed by atoms with E-state index < -0.39 is 0 Å². The third-order valence-electron chi connectivity index (χ3n) is 5.56. The zero-order valence-electron chi connectivity index (χ0n) is 18.1. The number of aromatic nitrogens is 3. The van der Waals surface area contributed by atoms with Crippen LogP contribution in [0.15, 0.2) is 60.0 Å². The van der Waals surface area contributed by atoms with E-state index in [0.29, 0.717) is 11.1 Å². The molecule has 1 fully saturated rings. The summed E-state index contributed by atoms with van der Waals surface area (Å²) in [7, 11) is 0. The molecule has 0 spiro atoms. The van der Waals surface area contributed by atoms with Crippen LogP contribution in [-0.4, -0.2) is 39.5 Å². The molecule has 1 amide bonds. The number of anilines is 2. The van der Waals surface area contributed by atoms with Crippen molar-refractivity contribution < 1.29 is 4.79 Å². The lowest BCUT2D eigenvalue weighted by Crippen LogP contribution is -2.30. The molecule has 4 rings (SSSR count). The lowest BCUT2D eigenvalue weighted by atomic mass is 10.0. The minimum atomic E-state index is -0.0424. The molecule has 0 saturated carbocycles. The normalized spacial score (nSPS) is 14.1. The maximum atomic E-state index is 12.7. The SMILES string of the molecule is CC(C)c1ccc(-n2cnnc2SCC(=O)Nc2ccccc2N2CCCCC2)cc1. The van der Waals surface area contributed by atoms with Crippen LogP contribution in [0.25, 0.3) is 5.69 Å². The number of hydrogen-bond acceptors (Lipinski definition) is 5. The first-order valence-corrected chi connectivity index (χ1v) is 11.9. The van der Waals surface area contributed by atoms with Gasteiger partial charge in [-0.2, -0.15) is 0 Å². The third-order valence-corrected chi connectivity index (χ3v) is 6.50. The maximum Gasteiger partial charge on any atom is 0.234 e. The summed E-state index contributed by atoms with van der Waals surface area (Å²) in [6.45, 7) is 6.44. The molecule has 0 aliphatic carbocycles. The van der Waals surface area contributed by atoms with Crippen molar-refractivity contribution in [2.24, 2.45) is 0 Å². The Morgan fingerprint density at radius 1 is 1.06 bits per heavy atom. The van der Waals surface area contributed by atoms with Crippen LogP contribution in [-0.2, 0) is 4.79 Å². The molecule has 2 aromatic carbocycles. The molecule has 1 aliphatic heterocycles. The van der Waals surface area contributed by atoms with Crippen LogP contribution in [0.4, 0.5) is 11.4 Å². The standard InChI is InChI=1S/C24H29N5OS/c1-18(2)19-10-12-20(13-11-19)29-17-25-27-24(29)31-16-23(30)26-21-8-4-5-9-22(21)28-14-6-3-7-15-28/h4-5,8-13,17-18H,3,6-7,14-16H2,1-2H3,(H,26,30). The van der Waals surface area contributed by atoms with Crippen molar-refractivity contribution in [3.8, 4) is 5.69 Å². The summed E-state index contributed by atoms with van der Waals surface area (Å²) in [5, 5.41) is 12.1. The van der Waals surface area contributed by atoms with Crippen LogP contribution >= 0.6 is 11.8 Å². The van der Waals surface area contributed by atoms with Crippen molar-refractivity contribution in [3.05, 3.63) is 60.4 Å². The highest BCUT2D eigenvalue weighted by atomic mass is 32.2. The second-order valence-corrected chi connectivity index (χ2v) is 9.07. The Hall–Kier alpha value is -2.80. The minimum Gasteiger partial charge on any atom is -0.370 e. The fourth-order valence-corrected chi connectivity index (χ4v) is 4.55. The Bertz CT molecular complexity index is 1010. The molecular weight excluding hydrogens is 406 g/mol. The summed E-state index contributed by atoms with van der Waals surface area (Å²) in [6, 6.07) is 16.4. The summed E-state index contributed by atoms with van der Waals surface area (Å²) in [5.74, 6) is 0.719. The third kappa shape index (κ3) is 5.28. The van der Waals surface area contributed by atoms with Gasteiger partial charge in [-0.05, 0) is 55.0 Å². The van der Waals surface area contributed by atoms with Crippen LogP contribution in [0, 0.1) is 0 Å². The van der Waals surface area contributed by atoms with Gasteiger partial charge in [0.15, 0.2) is 5.16 Å². The molecule has 0 radical (unpaired) electrons. The number of thioether (sulfide) groups is 1. The van der Waals surface area contributed by atoms with E-state index in [1.165, 1.54) is 36.6 Å². The summed E-state index contributed by atoms with van der Waals surface area (Å²) in [6.07, 6.45) is 5.37. The van der Waals surface area contributed by atoms with Crippen LogP contribution in [0.1, 0.15) is 44.6 Å². The molecule has 1 aliphatic rings. The predicted octanol–water partition coefficient (Wildman–Crippen LogP) is 5.11. The van der Waals surface area contributed by atoms with E-state index in [2.05, 4.69) is 64.6 Å². The summed E-state index contributed by atoms with van der Waals surface area (Å²) >= 11 is 1.39. The highest BCUT2D eigenvalue weighted by Crippen LogP contribution is 2.29. The minimum absolute atomic E-state index is 0.0424. The quantitative estimate of drug-likeness (QED) is 0.523. The monoisotopic (exact) mass is 435 g/mol. The van der Waals surface area contributed by atoms with Gasteiger partial charge in [-0.25, -0.2) is 0 Å². The van der Waals surface area contributed by atoms with Crippen molar-refractivity contribution in [2.75, 3.05) is 29.1 Å². The smallest absolute Gasteiger partial charge is 0.234 e. The van der Waals surface area contributed by atoms with E-state index >= 15 is 0 Å². The first-order chi connectivity index (χ1) is 15.1. The molecule has 6 nitrogen and oxygen atoms in total. The zero-order valence-corrected chi connectivity index (χ0v) is 18.9. The van der Waals surface area contributed by atoms with Crippen molar-refractivity contribution in [1.82, 2.24) is 14.8 Å². The van der Waals surface area contributed by atoms with Gasteiger partial charge in [-0.1, -0.05) is 49.9 Å². The predicted molar refractivity (Wildman–Crippen MR) is 127 cm³/mol. The van der Waals surface area contributed by atoms with Gasteiger partial charge in [-0.15, -0.1) is 10.2 Å². The number of para-hydroxylation sites is 2. The average Bonchev–Trinajstić information content (AvgIpc) is 3.27. The fourth-order valence-electron chi connectivity index (χ4n) is 3.83. The van der Waals surface area contributed by atoms with E-state index in [4.69, 9.17) is 0 Å². The molecule has 1 aromatic heterocycles. The number of piperidine rings is 1. The van der Waals surface area contributed by atoms with Gasteiger partial charge in [0, 0.05) is 18.8 Å². The van der Waals surface area contributed by atoms with Crippen LogP contribution in [0.5, 0.6) is 0 Å². The zero-order chi connectivity index (χ0) is 21.6. The number of carbonyl (C=O) groups is 1. The van der Waals surface area contributed by atoms with Crippen molar-refractivity contribution in [2.45, 2.75) is 44.2 Å². The molecule has 7 heteroatoms. The summed E-state index contributed by atoms with van der Waals surface area (Å²) in [4.78, 5) is 15.1. The second-order valence-electron chi connectivity index (χ2n) is 8.13. The molecule has 1 N–H and O–H groups in total. The van der Waals surface area contributed by atoms with Gasteiger partial charge in [0.25, 0.3) is 0 Å². The van der Waals surface area contributed by atoms with Gasteiger partial charge in [0.1, 0.15) is 6.33 Å². The van der Waals surface area contributed by atoms with E-state index in [0.717, 1.165) is 30.2 Å². The van der Waals surface area contributed by atoms with Gasteiger partial charge in [-0.3, -0.25) is 9.36 Å². The molecule has 2 heterocycles. The van der Waals surface area contributed by atoms with Gasteiger partial charge in [0.2, 0.25) is 5.91 Å². The summed E-state index contributed by atoms with van der Waals surface area (Å²) < 4.78 is 1.92.